The number of nitriles is 1. The molecule has 0 unspecified atom stereocenters. The van der Waals surface area contributed by atoms with E-state index < -0.39 is 0 Å². The standard InChI is InChI=1S/C27H29N5O4/c1-35-11-10-30-15-26(34)31-23-12-18(8-9-25(23)36-16-17-6-7-17)20-13-22(32-27(29)21(20)14-28)19-4-2-3-5-24(19)33/h2-5,8-9,12-13,17,30,33H,6-7,10-11,15-16H2,1H3,(H2,29,32)(H,31,34). The van der Waals surface area contributed by atoms with E-state index in [2.05, 4.69) is 21.7 Å². The molecule has 1 fully saturated rings. The van der Waals surface area contributed by atoms with Crippen molar-refractivity contribution in [2.75, 3.05) is 44.5 Å². The lowest BCUT2D eigenvalue weighted by Gasteiger charge is -2.16. The number of para-hydroxylation sites is 1. The Morgan fingerprint density at radius 2 is 2.03 bits per heavy atom. The Hall–Kier alpha value is -4.13. The number of aromatic hydroxyl groups is 1. The van der Waals surface area contributed by atoms with Crippen LogP contribution in [0, 0.1) is 17.2 Å². The third-order valence-corrected chi connectivity index (χ3v) is 5.84. The second-order valence-corrected chi connectivity index (χ2v) is 8.63. The fraction of sp³-hybridized carbons (Fsp3) is 0.296. The molecule has 1 aromatic heterocycles. The first kappa shape index (κ1) is 25.0. The Labute approximate surface area is 209 Å². The highest BCUT2D eigenvalue weighted by Gasteiger charge is 2.23. The predicted octanol–water partition coefficient (Wildman–Crippen LogP) is 3.54. The van der Waals surface area contributed by atoms with Gasteiger partial charge in [0, 0.05) is 24.8 Å². The highest BCUT2D eigenvalue weighted by molar-refractivity contribution is 5.95. The molecule has 0 saturated heterocycles. The molecular formula is C27H29N5O4. The smallest absolute Gasteiger partial charge is 0.238 e. The number of nitrogens with two attached hydrogens (primary N) is 1. The van der Waals surface area contributed by atoms with Gasteiger partial charge in [0.1, 0.15) is 28.9 Å². The van der Waals surface area contributed by atoms with Crippen LogP contribution < -0.4 is 21.1 Å². The van der Waals surface area contributed by atoms with Gasteiger partial charge in [-0.3, -0.25) is 4.79 Å². The fourth-order valence-electron chi connectivity index (χ4n) is 3.72. The summed E-state index contributed by atoms with van der Waals surface area (Å²) in [7, 11) is 1.60. The summed E-state index contributed by atoms with van der Waals surface area (Å²) in [5.74, 6) is 0.963. The summed E-state index contributed by atoms with van der Waals surface area (Å²) in [6.45, 7) is 1.74. The zero-order valence-corrected chi connectivity index (χ0v) is 20.1. The van der Waals surface area contributed by atoms with Crippen LogP contribution in [-0.2, 0) is 9.53 Å². The van der Waals surface area contributed by atoms with Crippen LogP contribution in [0.15, 0.2) is 48.5 Å². The number of rotatable bonds is 11. The van der Waals surface area contributed by atoms with E-state index in [1.807, 2.05) is 6.07 Å². The highest BCUT2D eigenvalue weighted by Crippen LogP contribution is 2.38. The van der Waals surface area contributed by atoms with Gasteiger partial charge in [-0.25, -0.2) is 4.98 Å². The molecule has 1 heterocycles. The molecule has 9 heteroatoms. The number of nitrogen functional groups attached to an aromatic ring is 1. The molecule has 1 aliphatic carbocycles. The number of phenols is 1. The molecular weight excluding hydrogens is 458 g/mol. The van der Waals surface area contributed by atoms with Crippen LogP contribution in [0.5, 0.6) is 11.5 Å². The largest absolute Gasteiger partial charge is 0.507 e. The minimum Gasteiger partial charge on any atom is -0.507 e. The molecule has 1 amide bonds. The molecule has 9 nitrogen and oxygen atoms in total. The number of nitrogens with zero attached hydrogens (tertiary/aromatic N) is 2. The second-order valence-electron chi connectivity index (χ2n) is 8.63. The van der Waals surface area contributed by atoms with Crippen LogP contribution in [0.3, 0.4) is 0 Å². The number of aromatic nitrogens is 1. The molecule has 5 N–H and O–H groups in total. The number of carbonyl (C=O) groups is 1. The van der Waals surface area contributed by atoms with Gasteiger partial charge in [0.2, 0.25) is 5.91 Å². The minimum absolute atomic E-state index is 0.0511. The Morgan fingerprint density at radius 1 is 1.22 bits per heavy atom. The van der Waals surface area contributed by atoms with Gasteiger partial charge in [-0.15, -0.1) is 0 Å². The normalized spacial score (nSPS) is 12.7. The summed E-state index contributed by atoms with van der Waals surface area (Å²) in [5, 5.41) is 26.1. The van der Waals surface area contributed by atoms with E-state index in [9.17, 15) is 15.2 Å². The SMILES string of the molecule is COCCNCC(=O)Nc1cc(-c2cc(-c3ccccc3O)nc(N)c2C#N)ccc1OCC1CC1. The molecule has 1 saturated carbocycles. The number of anilines is 2. The summed E-state index contributed by atoms with van der Waals surface area (Å²) in [6.07, 6.45) is 2.28. The Bertz CT molecular complexity index is 1280. The van der Waals surface area contributed by atoms with Crippen LogP contribution in [0.1, 0.15) is 18.4 Å². The lowest BCUT2D eigenvalue weighted by atomic mass is 9.97. The maximum Gasteiger partial charge on any atom is 0.238 e. The number of nitrogens with one attached hydrogen (secondary N) is 2. The van der Waals surface area contributed by atoms with Crippen LogP contribution in [-0.4, -0.2) is 49.4 Å². The average Bonchev–Trinajstić information content (AvgIpc) is 3.70. The lowest BCUT2D eigenvalue weighted by molar-refractivity contribution is -0.115. The molecule has 0 bridgehead atoms. The van der Waals surface area contributed by atoms with Crippen molar-refractivity contribution in [2.24, 2.45) is 5.92 Å². The number of ether oxygens (including phenoxy) is 2. The molecule has 2 aromatic carbocycles. The zero-order valence-electron chi connectivity index (χ0n) is 20.1. The highest BCUT2D eigenvalue weighted by atomic mass is 16.5. The average molecular weight is 488 g/mol. The molecule has 4 rings (SSSR count). The van der Waals surface area contributed by atoms with E-state index in [0.717, 1.165) is 12.8 Å². The van der Waals surface area contributed by atoms with Gasteiger partial charge in [-0.1, -0.05) is 18.2 Å². The number of phenolic OH excluding ortho intramolecular Hbond substituents is 1. The molecule has 0 spiro atoms. The molecule has 1 aliphatic rings. The van der Waals surface area contributed by atoms with E-state index >= 15 is 0 Å². The third kappa shape index (κ3) is 6.10. The topological polar surface area (TPSA) is 143 Å². The number of amides is 1. The van der Waals surface area contributed by atoms with Crippen molar-refractivity contribution in [1.82, 2.24) is 10.3 Å². The molecule has 0 radical (unpaired) electrons. The fourth-order valence-corrected chi connectivity index (χ4v) is 3.72. The van der Waals surface area contributed by atoms with Gasteiger partial charge >= 0.3 is 0 Å². The van der Waals surface area contributed by atoms with Crippen molar-refractivity contribution in [3.63, 3.8) is 0 Å². The summed E-state index contributed by atoms with van der Waals surface area (Å²) < 4.78 is 11.0. The summed E-state index contributed by atoms with van der Waals surface area (Å²) in [4.78, 5) is 16.9. The number of hydrogen-bond donors (Lipinski definition) is 4. The Morgan fingerprint density at radius 3 is 2.75 bits per heavy atom. The molecule has 36 heavy (non-hydrogen) atoms. The van der Waals surface area contributed by atoms with Crippen LogP contribution in [0.25, 0.3) is 22.4 Å². The summed E-state index contributed by atoms with van der Waals surface area (Å²) in [6, 6.07) is 16.0. The van der Waals surface area contributed by atoms with Crippen molar-refractivity contribution in [1.29, 1.82) is 5.26 Å². The first-order valence-electron chi connectivity index (χ1n) is 11.8. The second kappa shape index (κ2) is 11.5. The van der Waals surface area contributed by atoms with Gasteiger partial charge in [0.05, 0.1) is 31.1 Å². The van der Waals surface area contributed by atoms with Gasteiger partial charge in [-0.05, 0) is 54.7 Å². The predicted molar refractivity (Wildman–Crippen MR) is 137 cm³/mol. The van der Waals surface area contributed by atoms with Crippen LogP contribution in [0.4, 0.5) is 11.5 Å². The number of benzene rings is 2. The molecule has 186 valence electrons. The van der Waals surface area contributed by atoms with Crippen molar-refractivity contribution in [2.45, 2.75) is 12.8 Å². The maximum atomic E-state index is 12.6. The Kier molecular flexibility index (Phi) is 8.00. The third-order valence-electron chi connectivity index (χ3n) is 5.84. The van der Waals surface area contributed by atoms with Crippen molar-refractivity contribution in [3.05, 3.63) is 54.1 Å². The van der Waals surface area contributed by atoms with Gasteiger partial charge in [0.15, 0.2) is 0 Å². The van der Waals surface area contributed by atoms with Crippen LogP contribution >= 0.6 is 0 Å². The monoisotopic (exact) mass is 487 g/mol. The number of carbonyl (C=O) groups excluding carboxylic acids is 1. The number of methoxy groups -OCH3 is 1. The van der Waals surface area contributed by atoms with Crippen molar-refractivity contribution in [3.8, 4) is 40.0 Å². The van der Waals surface area contributed by atoms with E-state index in [0.29, 0.717) is 59.5 Å². The van der Waals surface area contributed by atoms with Crippen molar-refractivity contribution >= 4 is 17.4 Å². The van der Waals surface area contributed by atoms with Gasteiger partial charge < -0.3 is 30.9 Å². The van der Waals surface area contributed by atoms with Crippen molar-refractivity contribution < 1.29 is 19.4 Å². The van der Waals surface area contributed by atoms with E-state index in [1.165, 1.54) is 0 Å². The van der Waals surface area contributed by atoms with E-state index in [1.54, 1.807) is 49.6 Å². The van der Waals surface area contributed by atoms with Gasteiger partial charge in [0.25, 0.3) is 0 Å². The number of hydrogen-bond acceptors (Lipinski definition) is 8. The number of pyridine rings is 1. The minimum atomic E-state index is -0.232. The maximum absolute atomic E-state index is 12.6. The molecule has 3 aromatic rings. The zero-order chi connectivity index (χ0) is 25.5. The summed E-state index contributed by atoms with van der Waals surface area (Å²) in [5.41, 5.74) is 8.96. The Balaban J connectivity index is 1.69. The van der Waals surface area contributed by atoms with Crippen LogP contribution in [0.2, 0.25) is 0 Å². The first-order chi connectivity index (χ1) is 17.5. The van der Waals surface area contributed by atoms with E-state index in [-0.39, 0.29) is 29.6 Å². The van der Waals surface area contributed by atoms with Gasteiger partial charge in [-0.2, -0.15) is 5.26 Å². The van der Waals surface area contributed by atoms with E-state index in [4.69, 9.17) is 15.2 Å². The first-order valence-corrected chi connectivity index (χ1v) is 11.8. The molecule has 0 aliphatic heterocycles. The molecule has 0 atom stereocenters. The summed E-state index contributed by atoms with van der Waals surface area (Å²) >= 11 is 0. The lowest BCUT2D eigenvalue weighted by Crippen LogP contribution is -2.30. The quantitative estimate of drug-likeness (QED) is 0.301.